The second kappa shape index (κ2) is 13.6. The van der Waals surface area contributed by atoms with E-state index in [2.05, 4.69) is 5.32 Å². The molecule has 0 aromatic heterocycles. The van der Waals surface area contributed by atoms with E-state index in [9.17, 15) is 22.4 Å². The van der Waals surface area contributed by atoms with Gasteiger partial charge in [0.05, 0.1) is 11.9 Å². The molecule has 0 unspecified atom stereocenters. The molecule has 0 aliphatic rings. The van der Waals surface area contributed by atoms with Crippen molar-refractivity contribution in [2.75, 3.05) is 23.7 Å². The summed E-state index contributed by atoms with van der Waals surface area (Å²) < 4.78 is 39.9. The summed E-state index contributed by atoms with van der Waals surface area (Å²) in [5.74, 6) is -1.33. The maximum absolute atomic E-state index is 14.0. The highest BCUT2D eigenvalue weighted by Gasteiger charge is 2.33. The largest absolute Gasteiger partial charge is 0.354 e. The number of carbonyl (C=O) groups excluding carboxylic acids is 2. The highest BCUT2D eigenvalue weighted by atomic mass is 35.5. The summed E-state index contributed by atoms with van der Waals surface area (Å²) in [6.07, 6.45) is 1.18. The number of carbonyl (C=O) groups is 2. The van der Waals surface area contributed by atoms with Gasteiger partial charge in [-0.3, -0.25) is 13.9 Å². The third-order valence-electron chi connectivity index (χ3n) is 6.05. The minimum absolute atomic E-state index is 0.0217. The van der Waals surface area contributed by atoms with Gasteiger partial charge in [0.15, 0.2) is 0 Å². The van der Waals surface area contributed by atoms with E-state index in [0.29, 0.717) is 17.1 Å². The molecule has 0 heterocycles. The Bertz CT molecular complexity index is 1370. The van der Waals surface area contributed by atoms with E-state index in [1.54, 1.807) is 24.3 Å². The first kappa shape index (κ1) is 30.1. The molecule has 0 spiro atoms. The number of hydrogen-bond acceptors (Lipinski definition) is 4. The van der Waals surface area contributed by atoms with Gasteiger partial charge in [-0.05, 0) is 47.4 Å². The Morgan fingerprint density at radius 3 is 2.15 bits per heavy atom. The van der Waals surface area contributed by atoms with Crippen LogP contribution in [-0.2, 0) is 32.6 Å². The van der Waals surface area contributed by atoms with Crippen LogP contribution in [0.15, 0.2) is 78.9 Å². The van der Waals surface area contributed by atoms with E-state index in [1.165, 1.54) is 17.0 Å². The Balaban J connectivity index is 2.05. The SMILES string of the molecule is CC(C)CNC(=O)[C@@H](Cc1ccccc1)N(Cc1ccccc1Cl)C(=O)CN(c1ccc(F)cc1)S(C)(=O)=O. The van der Waals surface area contributed by atoms with E-state index in [0.717, 1.165) is 28.3 Å². The lowest BCUT2D eigenvalue weighted by Crippen LogP contribution is -2.53. The molecule has 0 radical (unpaired) electrons. The van der Waals surface area contributed by atoms with Gasteiger partial charge in [0, 0.05) is 24.5 Å². The van der Waals surface area contributed by atoms with Gasteiger partial charge < -0.3 is 10.2 Å². The zero-order chi connectivity index (χ0) is 28.6. The summed E-state index contributed by atoms with van der Waals surface area (Å²) in [6.45, 7) is 3.73. The highest BCUT2D eigenvalue weighted by Crippen LogP contribution is 2.23. The lowest BCUT2D eigenvalue weighted by atomic mass is 10.0. The maximum atomic E-state index is 14.0. The van der Waals surface area contributed by atoms with Crippen LogP contribution >= 0.6 is 11.6 Å². The Morgan fingerprint density at radius 1 is 0.949 bits per heavy atom. The van der Waals surface area contributed by atoms with E-state index >= 15 is 0 Å². The number of amides is 2. The highest BCUT2D eigenvalue weighted by molar-refractivity contribution is 7.92. The van der Waals surface area contributed by atoms with Crippen LogP contribution in [0.2, 0.25) is 5.02 Å². The quantitative estimate of drug-likeness (QED) is 0.341. The molecule has 208 valence electrons. The Morgan fingerprint density at radius 2 is 1.56 bits per heavy atom. The summed E-state index contributed by atoms with van der Waals surface area (Å²) in [7, 11) is -3.93. The molecule has 0 saturated heterocycles. The fourth-order valence-corrected chi connectivity index (χ4v) is 5.05. The van der Waals surface area contributed by atoms with Crippen molar-refractivity contribution in [3.05, 3.63) is 101 Å². The van der Waals surface area contributed by atoms with Gasteiger partial charge in [-0.15, -0.1) is 0 Å². The molecule has 0 bridgehead atoms. The molecule has 1 N–H and O–H groups in total. The van der Waals surface area contributed by atoms with Crippen molar-refractivity contribution in [3.63, 3.8) is 0 Å². The average Bonchev–Trinajstić information content (AvgIpc) is 2.89. The van der Waals surface area contributed by atoms with Crippen LogP contribution < -0.4 is 9.62 Å². The fourth-order valence-electron chi connectivity index (χ4n) is 4.01. The van der Waals surface area contributed by atoms with Gasteiger partial charge in [-0.25, -0.2) is 12.8 Å². The van der Waals surface area contributed by atoms with Gasteiger partial charge in [-0.1, -0.05) is 74.0 Å². The van der Waals surface area contributed by atoms with Crippen LogP contribution in [0.4, 0.5) is 10.1 Å². The number of nitrogens with one attached hydrogen (secondary N) is 1. The predicted octanol–water partition coefficient (Wildman–Crippen LogP) is 4.66. The molecule has 3 aromatic rings. The summed E-state index contributed by atoms with van der Waals surface area (Å²) in [5.41, 5.74) is 1.57. The van der Waals surface area contributed by atoms with E-state index < -0.39 is 34.3 Å². The van der Waals surface area contributed by atoms with Crippen molar-refractivity contribution in [3.8, 4) is 0 Å². The number of rotatable bonds is 12. The first-order valence-electron chi connectivity index (χ1n) is 12.5. The van der Waals surface area contributed by atoms with Crippen LogP contribution in [0.1, 0.15) is 25.0 Å². The monoisotopic (exact) mass is 573 g/mol. The molecule has 1 atom stereocenters. The van der Waals surface area contributed by atoms with Crippen LogP contribution in [0.25, 0.3) is 0 Å². The number of nitrogens with zero attached hydrogens (tertiary/aromatic N) is 2. The lowest BCUT2D eigenvalue weighted by molar-refractivity contribution is -0.140. The van der Waals surface area contributed by atoms with Crippen molar-refractivity contribution >= 4 is 39.1 Å². The number of halogens is 2. The molecule has 3 aromatic carbocycles. The van der Waals surface area contributed by atoms with Crippen LogP contribution in [0, 0.1) is 11.7 Å². The molecular weight excluding hydrogens is 541 g/mol. The molecule has 39 heavy (non-hydrogen) atoms. The second-order valence-corrected chi connectivity index (χ2v) is 12.0. The second-order valence-electron chi connectivity index (χ2n) is 9.70. The van der Waals surface area contributed by atoms with Gasteiger partial charge in [0.2, 0.25) is 21.8 Å². The minimum atomic E-state index is -3.93. The molecule has 0 aliphatic heterocycles. The van der Waals surface area contributed by atoms with E-state index in [-0.39, 0.29) is 30.5 Å². The minimum Gasteiger partial charge on any atom is -0.354 e. The van der Waals surface area contributed by atoms with Gasteiger partial charge in [-0.2, -0.15) is 0 Å². The van der Waals surface area contributed by atoms with Crippen molar-refractivity contribution in [2.45, 2.75) is 32.9 Å². The van der Waals surface area contributed by atoms with E-state index in [1.807, 2.05) is 44.2 Å². The topological polar surface area (TPSA) is 86.8 Å². The maximum Gasteiger partial charge on any atom is 0.244 e. The summed E-state index contributed by atoms with van der Waals surface area (Å²) >= 11 is 6.43. The zero-order valence-corrected chi connectivity index (χ0v) is 23.8. The number of anilines is 1. The Labute approximate surface area is 234 Å². The molecule has 0 fully saturated rings. The lowest BCUT2D eigenvalue weighted by Gasteiger charge is -2.33. The van der Waals surface area contributed by atoms with Crippen molar-refractivity contribution in [2.24, 2.45) is 5.92 Å². The molecule has 0 saturated carbocycles. The molecule has 0 aliphatic carbocycles. The van der Waals surface area contributed by atoms with Crippen molar-refractivity contribution < 1.29 is 22.4 Å². The van der Waals surface area contributed by atoms with Crippen molar-refractivity contribution in [1.29, 1.82) is 0 Å². The molecule has 2 amide bonds. The molecule has 10 heteroatoms. The summed E-state index contributed by atoms with van der Waals surface area (Å²) in [4.78, 5) is 28.9. The van der Waals surface area contributed by atoms with Crippen LogP contribution in [-0.4, -0.2) is 50.5 Å². The smallest absolute Gasteiger partial charge is 0.244 e. The molecular formula is C29H33ClFN3O4S. The normalized spacial score (nSPS) is 12.2. The fraction of sp³-hybridized carbons (Fsp3) is 0.310. The van der Waals surface area contributed by atoms with Gasteiger partial charge >= 0.3 is 0 Å². The zero-order valence-electron chi connectivity index (χ0n) is 22.2. The first-order valence-corrected chi connectivity index (χ1v) is 14.8. The number of benzene rings is 3. The van der Waals surface area contributed by atoms with Gasteiger partial charge in [0.1, 0.15) is 18.4 Å². The van der Waals surface area contributed by atoms with E-state index in [4.69, 9.17) is 11.6 Å². The predicted molar refractivity (Wildman–Crippen MR) is 152 cm³/mol. The standard InChI is InChI=1S/C29H33ClFN3O4S/c1-21(2)18-32-29(36)27(17-22-9-5-4-6-10-22)33(19-23-11-7-8-12-26(23)30)28(35)20-34(39(3,37)38)25-15-13-24(31)14-16-25/h4-16,21,27H,17-20H2,1-3H3,(H,32,36)/t27-/m1/s1. The number of hydrogen-bond donors (Lipinski definition) is 1. The third kappa shape index (κ3) is 8.80. The molecule has 3 rings (SSSR count). The average molecular weight is 574 g/mol. The molecule has 7 nitrogen and oxygen atoms in total. The third-order valence-corrected chi connectivity index (χ3v) is 7.56. The van der Waals surface area contributed by atoms with Crippen molar-refractivity contribution in [1.82, 2.24) is 10.2 Å². The summed E-state index contributed by atoms with van der Waals surface area (Å²) in [6, 6.07) is 20.1. The Hall–Kier alpha value is -3.43. The number of sulfonamides is 1. The van der Waals surface area contributed by atoms with Crippen LogP contribution in [0.3, 0.4) is 0 Å². The van der Waals surface area contributed by atoms with Crippen LogP contribution in [0.5, 0.6) is 0 Å². The first-order chi connectivity index (χ1) is 18.5. The van der Waals surface area contributed by atoms with Gasteiger partial charge in [0.25, 0.3) is 0 Å². The summed E-state index contributed by atoms with van der Waals surface area (Å²) in [5, 5.41) is 3.33. The Kier molecular flexibility index (Phi) is 10.5.